The van der Waals surface area contributed by atoms with Gasteiger partial charge in [0.2, 0.25) is 0 Å². The van der Waals surface area contributed by atoms with Gasteiger partial charge in [-0.25, -0.2) is 9.78 Å². The highest BCUT2D eigenvalue weighted by atomic mass is 16.5. The van der Waals surface area contributed by atoms with Crippen molar-refractivity contribution in [3.8, 4) is 0 Å². The molecule has 3 aromatic rings. The Hall–Kier alpha value is -2.83. The zero-order valence-electron chi connectivity index (χ0n) is 14.9. The van der Waals surface area contributed by atoms with E-state index in [0.29, 0.717) is 13.0 Å². The molecule has 1 atom stereocenters. The SMILES string of the molecule is Cc1cc(CCNC(=O)N2CCCCC2c2nc3ccccc3[nH]2)on1. The molecule has 3 heterocycles. The maximum atomic E-state index is 12.7. The van der Waals surface area contributed by atoms with Gasteiger partial charge in [0, 0.05) is 25.6 Å². The third kappa shape index (κ3) is 3.42. The number of amides is 2. The average Bonchev–Trinajstić information content (AvgIpc) is 3.27. The minimum atomic E-state index is -0.0496. The standard InChI is InChI=1S/C19H23N5O2/c1-13-12-14(26-23-13)9-10-20-19(25)24-11-5-4-8-17(24)18-21-15-6-2-3-7-16(15)22-18/h2-3,6-7,12,17H,4-5,8-11H2,1H3,(H,20,25)(H,21,22). The van der Waals surface area contributed by atoms with Crippen LogP contribution in [0.15, 0.2) is 34.9 Å². The van der Waals surface area contributed by atoms with Gasteiger partial charge in [0.1, 0.15) is 11.6 Å². The summed E-state index contributed by atoms with van der Waals surface area (Å²) in [4.78, 5) is 22.7. The Balaban J connectivity index is 1.43. The molecule has 7 heteroatoms. The molecule has 2 aromatic heterocycles. The fourth-order valence-electron chi connectivity index (χ4n) is 3.52. The van der Waals surface area contributed by atoms with Gasteiger partial charge in [-0.3, -0.25) is 0 Å². The first-order valence-electron chi connectivity index (χ1n) is 9.12. The van der Waals surface area contributed by atoms with Gasteiger partial charge in [-0.15, -0.1) is 0 Å². The van der Waals surface area contributed by atoms with Crippen molar-refractivity contribution >= 4 is 17.1 Å². The number of aromatic nitrogens is 3. The van der Waals surface area contributed by atoms with Crippen molar-refractivity contribution in [1.82, 2.24) is 25.3 Å². The molecule has 0 saturated carbocycles. The Kier molecular flexibility index (Phi) is 4.60. The van der Waals surface area contributed by atoms with Crippen LogP contribution in [-0.2, 0) is 6.42 Å². The second kappa shape index (κ2) is 7.19. The second-order valence-corrected chi connectivity index (χ2v) is 6.76. The number of para-hydroxylation sites is 2. The van der Waals surface area contributed by atoms with Gasteiger partial charge in [-0.1, -0.05) is 17.3 Å². The molecule has 1 saturated heterocycles. The van der Waals surface area contributed by atoms with Crippen molar-refractivity contribution in [1.29, 1.82) is 0 Å². The Morgan fingerprint density at radius 2 is 2.27 bits per heavy atom. The van der Waals surface area contributed by atoms with E-state index in [1.807, 2.05) is 42.2 Å². The van der Waals surface area contributed by atoms with E-state index in [-0.39, 0.29) is 12.1 Å². The zero-order chi connectivity index (χ0) is 17.9. The number of imidazole rings is 1. The van der Waals surface area contributed by atoms with E-state index in [0.717, 1.165) is 54.1 Å². The number of H-pyrrole nitrogens is 1. The number of fused-ring (bicyclic) bond motifs is 1. The summed E-state index contributed by atoms with van der Waals surface area (Å²) in [6.07, 6.45) is 3.68. The molecule has 7 nitrogen and oxygen atoms in total. The molecular formula is C19H23N5O2. The largest absolute Gasteiger partial charge is 0.361 e. The minimum absolute atomic E-state index is 0.0105. The number of piperidine rings is 1. The fraction of sp³-hybridized carbons (Fsp3) is 0.421. The molecule has 1 aromatic carbocycles. The number of aromatic amines is 1. The van der Waals surface area contributed by atoms with E-state index < -0.39 is 0 Å². The highest BCUT2D eigenvalue weighted by Gasteiger charge is 2.30. The highest BCUT2D eigenvalue weighted by Crippen LogP contribution is 2.30. The van der Waals surface area contributed by atoms with Crippen LogP contribution in [0.3, 0.4) is 0 Å². The van der Waals surface area contributed by atoms with Crippen LogP contribution in [-0.4, -0.2) is 39.1 Å². The number of nitrogens with zero attached hydrogens (tertiary/aromatic N) is 3. The molecule has 26 heavy (non-hydrogen) atoms. The number of benzene rings is 1. The van der Waals surface area contributed by atoms with Crippen LogP contribution in [0.1, 0.15) is 42.6 Å². The predicted molar refractivity (Wildman–Crippen MR) is 97.7 cm³/mol. The predicted octanol–water partition coefficient (Wildman–Crippen LogP) is 3.34. The van der Waals surface area contributed by atoms with Crippen molar-refractivity contribution in [2.45, 2.75) is 38.6 Å². The molecule has 4 rings (SSSR count). The maximum absolute atomic E-state index is 12.7. The molecule has 0 aliphatic carbocycles. The van der Waals surface area contributed by atoms with Gasteiger partial charge >= 0.3 is 6.03 Å². The van der Waals surface area contributed by atoms with Crippen molar-refractivity contribution in [2.75, 3.05) is 13.1 Å². The normalized spacial score (nSPS) is 17.6. The third-order valence-corrected chi connectivity index (χ3v) is 4.81. The Labute approximate surface area is 151 Å². The van der Waals surface area contributed by atoms with Crippen molar-refractivity contribution < 1.29 is 9.32 Å². The lowest BCUT2D eigenvalue weighted by Crippen LogP contribution is -2.45. The van der Waals surface area contributed by atoms with Gasteiger partial charge in [0.15, 0.2) is 0 Å². The number of urea groups is 1. The van der Waals surface area contributed by atoms with E-state index in [1.54, 1.807) is 0 Å². The van der Waals surface area contributed by atoms with Crippen LogP contribution in [0.25, 0.3) is 11.0 Å². The van der Waals surface area contributed by atoms with E-state index in [9.17, 15) is 4.79 Å². The number of aryl methyl sites for hydroxylation is 1. The Bertz CT molecular complexity index is 867. The van der Waals surface area contributed by atoms with Gasteiger partial charge in [0.05, 0.1) is 22.8 Å². The van der Waals surface area contributed by atoms with Crippen LogP contribution in [0, 0.1) is 6.92 Å². The lowest BCUT2D eigenvalue weighted by molar-refractivity contribution is 0.148. The van der Waals surface area contributed by atoms with Crippen LogP contribution < -0.4 is 5.32 Å². The van der Waals surface area contributed by atoms with Crippen LogP contribution in [0.4, 0.5) is 4.79 Å². The lowest BCUT2D eigenvalue weighted by atomic mass is 10.0. The van der Waals surface area contributed by atoms with Gasteiger partial charge in [-0.05, 0) is 38.3 Å². The van der Waals surface area contributed by atoms with E-state index in [4.69, 9.17) is 9.51 Å². The van der Waals surface area contributed by atoms with E-state index in [2.05, 4.69) is 15.5 Å². The number of nitrogens with one attached hydrogen (secondary N) is 2. The quantitative estimate of drug-likeness (QED) is 0.753. The smallest absolute Gasteiger partial charge is 0.318 e. The molecule has 2 amide bonds. The van der Waals surface area contributed by atoms with E-state index in [1.165, 1.54) is 0 Å². The summed E-state index contributed by atoms with van der Waals surface area (Å²) >= 11 is 0. The Morgan fingerprint density at radius 3 is 3.08 bits per heavy atom. The highest BCUT2D eigenvalue weighted by molar-refractivity contribution is 5.76. The molecular weight excluding hydrogens is 330 g/mol. The van der Waals surface area contributed by atoms with Crippen LogP contribution in [0.2, 0.25) is 0 Å². The van der Waals surface area contributed by atoms with Crippen LogP contribution in [0.5, 0.6) is 0 Å². The fourth-order valence-corrected chi connectivity index (χ4v) is 3.52. The maximum Gasteiger partial charge on any atom is 0.318 e. The summed E-state index contributed by atoms with van der Waals surface area (Å²) in [7, 11) is 0. The number of carbonyl (C=O) groups excluding carboxylic acids is 1. The third-order valence-electron chi connectivity index (χ3n) is 4.81. The number of hydrogen-bond donors (Lipinski definition) is 2. The summed E-state index contributed by atoms with van der Waals surface area (Å²) in [5.41, 5.74) is 2.80. The molecule has 0 spiro atoms. The molecule has 1 aliphatic heterocycles. The molecule has 1 unspecified atom stereocenters. The van der Waals surface area contributed by atoms with Crippen molar-refractivity contribution in [2.24, 2.45) is 0 Å². The van der Waals surface area contributed by atoms with Crippen molar-refractivity contribution in [3.63, 3.8) is 0 Å². The molecule has 0 radical (unpaired) electrons. The first-order valence-corrected chi connectivity index (χ1v) is 9.12. The monoisotopic (exact) mass is 353 g/mol. The second-order valence-electron chi connectivity index (χ2n) is 6.76. The number of hydrogen-bond acceptors (Lipinski definition) is 4. The first-order chi connectivity index (χ1) is 12.7. The summed E-state index contributed by atoms with van der Waals surface area (Å²) in [5.74, 6) is 1.65. The van der Waals surface area contributed by atoms with Crippen LogP contribution >= 0.6 is 0 Å². The topological polar surface area (TPSA) is 87.0 Å². The minimum Gasteiger partial charge on any atom is -0.361 e. The van der Waals surface area contributed by atoms with Crippen molar-refractivity contribution in [3.05, 3.63) is 47.6 Å². The zero-order valence-corrected chi connectivity index (χ0v) is 14.9. The van der Waals surface area contributed by atoms with Gasteiger partial charge < -0.3 is 19.7 Å². The molecule has 2 N–H and O–H groups in total. The lowest BCUT2D eigenvalue weighted by Gasteiger charge is -2.34. The molecule has 1 aliphatic rings. The number of likely N-dealkylation sites (tertiary alicyclic amines) is 1. The molecule has 1 fully saturated rings. The first kappa shape index (κ1) is 16.6. The molecule has 136 valence electrons. The van der Waals surface area contributed by atoms with E-state index >= 15 is 0 Å². The van der Waals surface area contributed by atoms with Gasteiger partial charge in [0.25, 0.3) is 0 Å². The summed E-state index contributed by atoms with van der Waals surface area (Å²) in [6, 6.07) is 9.80. The Morgan fingerprint density at radius 1 is 1.38 bits per heavy atom. The summed E-state index contributed by atoms with van der Waals surface area (Å²) < 4.78 is 5.19. The average molecular weight is 353 g/mol. The summed E-state index contributed by atoms with van der Waals surface area (Å²) in [6.45, 7) is 3.16. The number of rotatable bonds is 4. The summed E-state index contributed by atoms with van der Waals surface area (Å²) in [5, 5.41) is 6.87. The number of carbonyl (C=O) groups is 1. The molecule has 0 bridgehead atoms. The van der Waals surface area contributed by atoms with Gasteiger partial charge in [-0.2, -0.15) is 0 Å².